The predicted octanol–water partition coefficient (Wildman–Crippen LogP) is 4.55. The molecule has 1 heterocycles. The van der Waals surface area contributed by atoms with E-state index in [1.807, 2.05) is 6.07 Å². The monoisotopic (exact) mass is 379 g/mol. The summed E-state index contributed by atoms with van der Waals surface area (Å²) in [5.74, 6) is -0.0718. The van der Waals surface area contributed by atoms with Crippen molar-refractivity contribution in [1.29, 1.82) is 0 Å². The van der Waals surface area contributed by atoms with Crippen LogP contribution < -0.4 is 10.1 Å². The number of hydrogen-bond acceptors (Lipinski definition) is 4. The van der Waals surface area contributed by atoms with Gasteiger partial charge in [0.1, 0.15) is 22.5 Å². The van der Waals surface area contributed by atoms with Gasteiger partial charge in [-0.15, -0.1) is 0 Å². The van der Waals surface area contributed by atoms with Gasteiger partial charge >= 0.3 is 0 Å². The van der Waals surface area contributed by atoms with Gasteiger partial charge in [0.2, 0.25) is 0 Å². The van der Waals surface area contributed by atoms with Crippen LogP contribution in [0.3, 0.4) is 0 Å². The number of carbonyl (C=O) groups is 1. The minimum absolute atomic E-state index is 0.0187. The van der Waals surface area contributed by atoms with E-state index >= 15 is 0 Å². The Kier molecular flexibility index (Phi) is 5.18. The fraction of sp³-hybridized carbons (Fsp3) is 0.0588. The van der Waals surface area contributed by atoms with Gasteiger partial charge in [0.25, 0.3) is 5.91 Å². The lowest BCUT2D eigenvalue weighted by Gasteiger charge is -2.09. The number of thioether (sulfide) groups is 1. The van der Waals surface area contributed by atoms with Gasteiger partial charge in [0, 0.05) is 5.56 Å². The van der Waals surface area contributed by atoms with Crippen molar-refractivity contribution >= 4 is 51.9 Å². The largest absolute Gasteiger partial charge is 0.489 e. The molecule has 0 atom stereocenters. The van der Waals surface area contributed by atoms with Crippen molar-refractivity contribution < 1.29 is 13.9 Å². The summed E-state index contributed by atoms with van der Waals surface area (Å²) in [6.45, 7) is 0.0187. The number of amides is 1. The smallest absolute Gasteiger partial charge is 0.263 e. The van der Waals surface area contributed by atoms with Crippen LogP contribution >= 0.6 is 35.6 Å². The van der Waals surface area contributed by atoms with Gasteiger partial charge in [0.05, 0.1) is 9.93 Å². The maximum absolute atomic E-state index is 13.7. The SMILES string of the molecule is O=C1NC(=S)SC1=Cc1cccc(OCc2c(F)cccc2Cl)c1. The van der Waals surface area contributed by atoms with E-state index in [1.54, 1.807) is 36.4 Å². The Labute approximate surface area is 152 Å². The highest BCUT2D eigenvalue weighted by atomic mass is 35.5. The Bertz CT molecular complexity index is 834. The predicted molar refractivity (Wildman–Crippen MR) is 98.5 cm³/mol. The molecule has 0 radical (unpaired) electrons. The lowest BCUT2D eigenvalue weighted by molar-refractivity contribution is -0.115. The third-order valence-electron chi connectivity index (χ3n) is 3.24. The van der Waals surface area contributed by atoms with E-state index < -0.39 is 5.82 Å². The normalized spacial score (nSPS) is 15.7. The van der Waals surface area contributed by atoms with Crippen molar-refractivity contribution in [2.75, 3.05) is 0 Å². The highest BCUT2D eigenvalue weighted by molar-refractivity contribution is 8.26. The summed E-state index contributed by atoms with van der Waals surface area (Å²) in [5, 5.41) is 2.88. The minimum atomic E-state index is -0.409. The summed E-state index contributed by atoms with van der Waals surface area (Å²) in [5.41, 5.74) is 1.09. The molecule has 2 aromatic rings. The van der Waals surface area contributed by atoms with Gasteiger partial charge in [-0.3, -0.25) is 4.79 Å². The Morgan fingerprint density at radius 2 is 2.08 bits per heavy atom. The molecule has 3 rings (SSSR count). The number of nitrogens with one attached hydrogen (secondary N) is 1. The molecule has 1 amide bonds. The molecule has 0 bridgehead atoms. The van der Waals surface area contributed by atoms with E-state index in [0.29, 0.717) is 25.6 Å². The van der Waals surface area contributed by atoms with E-state index in [4.69, 9.17) is 28.6 Å². The van der Waals surface area contributed by atoms with Crippen molar-refractivity contribution in [2.24, 2.45) is 0 Å². The molecule has 0 spiro atoms. The van der Waals surface area contributed by atoms with Crippen molar-refractivity contribution in [3.05, 3.63) is 69.3 Å². The summed E-state index contributed by atoms with van der Waals surface area (Å²) in [4.78, 5) is 12.2. The van der Waals surface area contributed by atoms with Crippen LogP contribution in [0.15, 0.2) is 47.4 Å². The minimum Gasteiger partial charge on any atom is -0.489 e. The number of thiocarbonyl (C=S) groups is 1. The second kappa shape index (κ2) is 7.34. The molecule has 3 nitrogen and oxygen atoms in total. The summed E-state index contributed by atoms with van der Waals surface area (Å²) in [6.07, 6.45) is 1.72. The Morgan fingerprint density at radius 3 is 2.79 bits per heavy atom. The maximum Gasteiger partial charge on any atom is 0.263 e. The number of benzene rings is 2. The highest BCUT2D eigenvalue weighted by Gasteiger charge is 2.21. The zero-order valence-corrected chi connectivity index (χ0v) is 14.6. The summed E-state index contributed by atoms with van der Waals surface area (Å²) in [6, 6.07) is 11.6. The van der Waals surface area contributed by atoms with Gasteiger partial charge in [-0.25, -0.2) is 4.39 Å². The lowest BCUT2D eigenvalue weighted by atomic mass is 10.2. The molecule has 1 fully saturated rings. The topological polar surface area (TPSA) is 38.3 Å². The molecule has 24 heavy (non-hydrogen) atoms. The zero-order valence-electron chi connectivity index (χ0n) is 12.2. The van der Waals surface area contributed by atoms with Crippen molar-refractivity contribution in [1.82, 2.24) is 5.32 Å². The van der Waals surface area contributed by atoms with Gasteiger partial charge in [-0.1, -0.05) is 53.8 Å². The van der Waals surface area contributed by atoms with Crippen LogP contribution in [0, 0.1) is 5.82 Å². The fourth-order valence-electron chi connectivity index (χ4n) is 2.09. The molecule has 1 aliphatic rings. The molecule has 0 aliphatic carbocycles. The fourth-order valence-corrected chi connectivity index (χ4v) is 3.35. The number of carbonyl (C=O) groups excluding carboxylic acids is 1. The Morgan fingerprint density at radius 1 is 1.29 bits per heavy atom. The van der Waals surface area contributed by atoms with Crippen LogP contribution in [0.1, 0.15) is 11.1 Å². The van der Waals surface area contributed by atoms with E-state index in [0.717, 1.165) is 5.56 Å². The standard InChI is InChI=1S/C17H11ClFNO2S2/c18-13-5-2-6-14(19)12(13)9-22-11-4-1-3-10(7-11)8-15-16(21)20-17(23)24-15/h1-8H,9H2,(H,20,21,23). The van der Waals surface area contributed by atoms with Crippen LogP contribution in [-0.4, -0.2) is 10.2 Å². The van der Waals surface area contributed by atoms with Gasteiger partial charge < -0.3 is 10.1 Å². The first-order chi connectivity index (χ1) is 11.5. The number of hydrogen-bond donors (Lipinski definition) is 1. The van der Waals surface area contributed by atoms with Crippen LogP contribution in [-0.2, 0) is 11.4 Å². The zero-order chi connectivity index (χ0) is 17.1. The number of halogens is 2. The summed E-state index contributed by atoms with van der Waals surface area (Å²) < 4.78 is 19.8. The molecule has 122 valence electrons. The first kappa shape index (κ1) is 17.0. The molecule has 1 saturated heterocycles. The lowest BCUT2D eigenvalue weighted by Crippen LogP contribution is -2.17. The van der Waals surface area contributed by atoms with Crippen molar-refractivity contribution in [3.8, 4) is 5.75 Å². The molecule has 0 unspecified atom stereocenters. The van der Waals surface area contributed by atoms with Crippen LogP contribution in [0.2, 0.25) is 5.02 Å². The molecule has 0 aromatic heterocycles. The highest BCUT2D eigenvalue weighted by Crippen LogP contribution is 2.27. The van der Waals surface area contributed by atoms with E-state index in [-0.39, 0.29) is 12.5 Å². The van der Waals surface area contributed by atoms with E-state index in [9.17, 15) is 9.18 Å². The van der Waals surface area contributed by atoms with Crippen LogP contribution in [0.5, 0.6) is 5.75 Å². The Balaban J connectivity index is 1.75. The summed E-state index contributed by atoms with van der Waals surface area (Å²) in [7, 11) is 0. The third-order valence-corrected chi connectivity index (χ3v) is 4.76. The van der Waals surface area contributed by atoms with Gasteiger partial charge in [0.15, 0.2) is 0 Å². The number of ether oxygens (including phenoxy) is 1. The van der Waals surface area contributed by atoms with E-state index in [1.165, 1.54) is 17.8 Å². The average molecular weight is 380 g/mol. The molecular formula is C17H11ClFNO2S2. The molecular weight excluding hydrogens is 369 g/mol. The molecule has 1 N–H and O–H groups in total. The average Bonchev–Trinajstić information content (AvgIpc) is 2.85. The molecule has 7 heteroatoms. The molecule has 0 saturated carbocycles. The molecule has 2 aromatic carbocycles. The van der Waals surface area contributed by atoms with Crippen molar-refractivity contribution in [3.63, 3.8) is 0 Å². The molecule has 1 aliphatic heterocycles. The quantitative estimate of drug-likeness (QED) is 0.625. The first-order valence-electron chi connectivity index (χ1n) is 6.93. The van der Waals surface area contributed by atoms with Gasteiger partial charge in [-0.2, -0.15) is 0 Å². The second-order valence-corrected chi connectivity index (χ2v) is 7.04. The maximum atomic E-state index is 13.7. The third kappa shape index (κ3) is 3.95. The first-order valence-corrected chi connectivity index (χ1v) is 8.54. The van der Waals surface area contributed by atoms with Crippen molar-refractivity contribution in [2.45, 2.75) is 6.61 Å². The summed E-state index contributed by atoms with van der Waals surface area (Å²) >= 11 is 12.1. The number of rotatable bonds is 4. The van der Waals surface area contributed by atoms with Gasteiger partial charge in [-0.05, 0) is 35.9 Å². The van der Waals surface area contributed by atoms with E-state index in [2.05, 4.69) is 5.32 Å². The van der Waals surface area contributed by atoms with Crippen LogP contribution in [0.4, 0.5) is 4.39 Å². The second-order valence-electron chi connectivity index (χ2n) is 4.91. The Hall–Kier alpha value is -1.89. The van der Waals surface area contributed by atoms with Crippen LogP contribution in [0.25, 0.3) is 6.08 Å².